The fourth-order valence-electron chi connectivity index (χ4n) is 1.42. The Bertz CT molecular complexity index is 518. The van der Waals surface area contributed by atoms with Crippen LogP contribution in [0.5, 0.6) is 0 Å². The average Bonchev–Trinajstić information content (AvgIpc) is 2.89. The van der Waals surface area contributed by atoms with Crippen molar-refractivity contribution in [3.8, 4) is 0 Å². The largest absolute Gasteiger partial charge is 0.465 e. The van der Waals surface area contributed by atoms with E-state index in [1.54, 1.807) is 35.9 Å². The number of rotatable bonds is 3. The summed E-state index contributed by atoms with van der Waals surface area (Å²) in [6, 6.07) is 7.47. The van der Waals surface area contributed by atoms with Gasteiger partial charge in [0, 0.05) is 17.3 Å². The molecule has 86 valence electrons. The van der Waals surface area contributed by atoms with Crippen LogP contribution in [0, 0.1) is 0 Å². The minimum Gasteiger partial charge on any atom is -0.465 e. The number of methoxy groups -OCH3 is 1. The number of aromatic nitrogens is 1. The van der Waals surface area contributed by atoms with Crippen molar-refractivity contribution in [1.82, 2.24) is 4.98 Å². The lowest BCUT2D eigenvalue weighted by Crippen LogP contribution is -2.03. The maximum Gasteiger partial charge on any atom is 0.338 e. The predicted octanol–water partition coefficient (Wildman–Crippen LogP) is 2.86. The highest BCUT2D eigenvalue weighted by Crippen LogP contribution is 2.21. The summed E-state index contributed by atoms with van der Waals surface area (Å²) < 4.78 is 4.79. The van der Waals surface area contributed by atoms with E-state index < -0.39 is 0 Å². The van der Waals surface area contributed by atoms with Crippen molar-refractivity contribution in [2.45, 2.75) is 0 Å². The molecular formula is C13H11NO2S. The van der Waals surface area contributed by atoms with Gasteiger partial charge in [-0.15, -0.1) is 11.3 Å². The number of carbonyl (C=O) groups is 1. The number of esters is 1. The molecule has 0 aliphatic carbocycles. The van der Waals surface area contributed by atoms with Gasteiger partial charge in [0.05, 0.1) is 12.7 Å². The van der Waals surface area contributed by atoms with E-state index in [9.17, 15) is 4.79 Å². The van der Waals surface area contributed by atoms with Crippen LogP contribution in [0.4, 0.5) is 0 Å². The van der Waals surface area contributed by atoms with Crippen molar-refractivity contribution in [2.24, 2.45) is 0 Å². The SMILES string of the molecule is COC(=O)/C(=C\c1cccs1)c1ccncc1. The number of ether oxygens (including phenoxy) is 1. The second kappa shape index (κ2) is 5.41. The second-order valence-corrected chi connectivity index (χ2v) is 4.28. The first kappa shape index (κ1) is 11.5. The zero-order valence-corrected chi connectivity index (χ0v) is 10.1. The molecule has 0 radical (unpaired) electrons. The molecule has 0 aliphatic rings. The van der Waals surface area contributed by atoms with Crippen molar-refractivity contribution >= 4 is 29.0 Å². The third-order valence-corrected chi connectivity index (χ3v) is 3.05. The van der Waals surface area contributed by atoms with Crippen LogP contribution in [0.15, 0.2) is 42.0 Å². The van der Waals surface area contributed by atoms with Gasteiger partial charge in [0.15, 0.2) is 0 Å². The van der Waals surface area contributed by atoms with E-state index in [0.717, 1.165) is 10.4 Å². The topological polar surface area (TPSA) is 39.2 Å². The van der Waals surface area contributed by atoms with E-state index in [4.69, 9.17) is 4.74 Å². The molecule has 0 saturated heterocycles. The minimum atomic E-state index is -0.343. The van der Waals surface area contributed by atoms with Crippen molar-refractivity contribution in [2.75, 3.05) is 7.11 Å². The standard InChI is InChI=1S/C13H11NO2S/c1-16-13(15)12(9-11-3-2-8-17-11)10-4-6-14-7-5-10/h2-9H,1H3/b12-9-. The van der Waals surface area contributed by atoms with E-state index in [1.807, 2.05) is 23.6 Å². The molecule has 0 atom stereocenters. The summed E-state index contributed by atoms with van der Waals surface area (Å²) in [7, 11) is 1.38. The van der Waals surface area contributed by atoms with Crippen LogP contribution in [0.25, 0.3) is 11.6 Å². The van der Waals surface area contributed by atoms with E-state index in [1.165, 1.54) is 7.11 Å². The molecule has 0 unspecified atom stereocenters. The summed E-state index contributed by atoms with van der Waals surface area (Å²) >= 11 is 1.57. The molecule has 0 aliphatic heterocycles. The lowest BCUT2D eigenvalue weighted by atomic mass is 10.1. The maximum atomic E-state index is 11.7. The molecule has 3 nitrogen and oxygen atoms in total. The number of hydrogen-bond acceptors (Lipinski definition) is 4. The number of thiophene rings is 1. The van der Waals surface area contributed by atoms with Crippen molar-refractivity contribution < 1.29 is 9.53 Å². The van der Waals surface area contributed by atoms with Gasteiger partial charge in [-0.3, -0.25) is 4.98 Å². The van der Waals surface area contributed by atoms with Gasteiger partial charge in [0.25, 0.3) is 0 Å². The monoisotopic (exact) mass is 245 g/mol. The number of carbonyl (C=O) groups excluding carboxylic acids is 1. The Morgan fingerprint density at radius 3 is 2.71 bits per heavy atom. The number of pyridine rings is 1. The highest BCUT2D eigenvalue weighted by atomic mass is 32.1. The van der Waals surface area contributed by atoms with E-state index in [0.29, 0.717) is 5.57 Å². The summed E-state index contributed by atoms with van der Waals surface area (Å²) in [5.74, 6) is -0.343. The van der Waals surface area contributed by atoms with Crippen LogP contribution in [-0.2, 0) is 9.53 Å². The normalized spacial score (nSPS) is 11.2. The fourth-order valence-corrected chi connectivity index (χ4v) is 2.07. The minimum absolute atomic E-state index is 0.343. The lowest BCUT2D eigenvalue weighted by molar-refractivity contribution is -0.133. The Morgan fingerprint density at radius 2 is 2.12 bits per heavy atom. The maximum absolute atomic E-state index is 11.7. The van der Waals surface area contributed by atoms with Gasteiger partial charge >= 0.3 is 5.97 Å². The van der Waals surface area contributed by atoms with Crippen molar-refractivity contribution in [3.05, 3.63) is 52.5 Å². The molecule has 0 N–H and O–H groups in total. The van der Waals surface area contributed by atoms with Crippen LogP contribution in [0.2, 0.25) is 0 Å². The molecule has 2 aromatic heterocycles. The zero-order chi connectivity index (χ0) is 12.1. The first-order valence-corrected chi connectivity index (χ1v) is 5.93. The molecular weight excluding hydrogens is 234 g/mol. The zero-order valence-electron chi connectivity index (χ0n) is 9.29. The quantitative estimate of drug-likeness (QED) is 0.616. The second-order valence-electron chi connectivity index (χ2n) is 3.30. The van der Waals surface area contributed by atoms with E-state index >= 15 is 0 Å². The summed E-state index contributed by atoms with van der Waals surface area (Å²) in [5.41, 5.74) is 1.35. The van der Waals surface area contributed by atoms with Gasteiger partial charge < -0.3 is 4.74 Å². The Kier molecular flexibility index (Phi) is 3.67. The van der Waals surface area contributed by atoms with Crippen molar-refractivity contribution in [3.63, 3.8) is 0 Å². The van der Waals surface area contributed by atoms with E-state index in [2.05, 4.69) is 4.98 Å². The van der Waals surface area contributed by atoms with Gasteiger partial charge in [0.1, 0.15) is 0 Å². The van der Waals surface area contributed by atoms with Gasteiger partial charge in [-0.25, -0.2) is 4.79 Å². The lowest BCUT2D eigenvalue weighted by Gasteiger charge is -2.04. The molecule has 0 spiro atoms. The van der Waals surface area contributed by atoms with Crippen LogP contribution in [0.3, 0.4) is 0 Å². The third-order valence-electron chi connectivity index (χ3n) is 2.23. The average molecular weight is 245 g/mol. The summed E-state index contributed by atoms with van der Waals surface area (Å²) in [5, 5.41) is 1.97. The van der Waals surface area contributed by atoms with Gasteiger partial charge in [-0.1, -0.05) is 6.07 Å². The third kappa shape index (κ3) is 2.79. The Labute approximate surface area is 103 Å². The molecule has 2 aromatic rings. The van der Waals surface area contributed by atoms with Gasteiger partial charge in [-0.05, 0) is 35.2 Å². The molecule has 0 amide bonds. The summed E-state index contributed by atoms with van der Waals surface area (Å²) in [6.45, 7) is 0. The summed E-state index contributed by atoms with van der Waals surface area (Å²) in [6.07, 6.45) is 5.13. The predicted molar refractivity (Wildman–Crippen MR) is 68.4 cm³/mol. The van der Waals surface area contributed by atoms with Gasteiger partial charge in [0.2, 0.25) is 0 Å². The highest BCUT2D eigenvalue weighted by molar-refractivity contribution is 7.10. The van der Waals surface area contributed by atoms with Crippen LogP contribution in [-0.4, -0.2) is 18.1 Å². The smallest absolute Gasteiger partial charge is 0.338 e. The molecule has 0 bridgehead atoms. The number of nitrogens with zero attached hydrogens (tertiary/aromatic N) is 1. The Hall–Kier alpha value is -1.94. The van der Waals surface area contributed by atoms with Crippen molar-refractivity contribution in [1.29, 1.82) is 0 Å². The fraction of sp³-hybridized carbons (Fsp3) is 0.0769. The van der Waals surface area contributed by atoms with Gasteiger partial charge in [-0.2, -0.15) is 0 Å². The number of hydrogen-bond donors (Lipinski definition) is 0. The Morgan fingerprint density at radius 1 is 1.35 bits per heavy atom. The first-order chi connectivity index (χ1) is 8.31. The summed E-state index contributed by atoms with van der Waals surface area (Å²) in [4.78, 5) is 16.7. The first-order valence-electron chi connectivity index (χ1n) is 5.05. The van der Waals surface area contributed by atoms with Crippen LogP contribution in [0.1, 0.15) is 10.4 Å². The molecule has 17 heavy (non-hydrogen) atoms. The molecule has 0 fully saturated rings. The van der Waals surface area contributed by atoms with Crippen LogP contribution < -0.4 is 0 Å². The Balaban J connectivity index is 2.43. The molecule has 2 heterocycles. The molecule has 2 rings (SSSR count). The van der Waals surface area contributed by atoms with Crippen LogP contribution >= 0.6 is 11.3 Å². The molecule has 0 aromatic carbocycles. The van der Waals surface area contributed by atoms with E-state index in [-0.39, 0.29) is 5.97 Å². The molecule has 4 heteroatoms. The highest BCUT2D eigenvalue weighted by Gasteiger charge is 2.12. The molecule has 0 saturated carbocycles.